The number of nitro benzene ring substituents is 1. The van der Waals surface area contributed by atoms with Gasteiger partial charge in [-0.2, -0.15) is 5.01 Å². The molecule has 3 aromatic carbocycles. The Kier molecular flexibility index (Phi) is 11.2. The molecule has 0 bridgehead atoms. The first kappa shape index (κ1) is 33.5. The summed E-state index contributed by atoms with van der Waals surface area (Å²) in [5.74, 6) is -0.807. The van der Waals surface area contributed by atoms with Gasteiger partial charge in [-0.15, -0.1) is 0 Å². The third-order valence-corrected chi connectivity index (χ3v) is 8.34. The van der Waals surface area contributed by atoms with Crippen molar-refractivity contribution in [1.29, 1.82) is 0 Å². The second-order valence-corrected chi connectivity index (χ2v) is 11.7. The van der Waals surface area contributed by atoms with E-state index in [1.54, 1.807) is 24.3 Å². The lowest BCUT2D eigenvalue weighted by Crippen LogP contribution is -2.46. The Bertz CT molecular complexity index is 1700. The lowest BCUT2D eigenvalue weighted by molar-refractivity contribution is -0.384. The average molecular weight is 690 g/mol. The zero-order chi connectivity index (χ0) is 32.7. The summed E-state index contributed by atoms with van der Waals surface area (Å²) in [6, 6.07) is 14.7. The Morgan fingerprint density at radius 2 is 1.78 bits per heavy atom. The highest BCUT2D eigenvalue weighted by molar-refractivity contribution is 8.26. The van der Waals surface area contributed by atoms with Crippen molar-refractivity contribution in [3.05, 3.63) is 91.3 Å². The van der Waals surface area contributed by atoms with Gasteiger partial charge in [0, 0.05) is 53.9 Å². The van der Waals surface area contributed by atoms with Crippen LogP contribution < -0.4 is 25.7 Å². The van der Waals surface area contributed by atoms with Gasteiger partial charge in [0.05, 0.1) is 19.9 Å². The minimum Gasteiger partial charge on any atom is -0.483 e. The van der Waals surface area contributed by atoms with Crippen molar-refractivity contribution in [1.82, 2.24) is 10.4 Å². The average Bonchev–Trinajstić information content (AvgIpc) is 3.26. The SMILES string of the molecule is CCN(CC)c1ccc(/C=C2/SC(=S)N(NC(=O)Nc3ccc(Cl)c(Cl)c3)C2=O)c(OCC(=O)Nc2cccc([N+](=O)[O-])c2)c1. The zero-order valence-corrected chi connectivity index (χ0v) is 27.0. The molecule has 0 unspecified atom stereocenters. The number of nitrogens with zero attached hydrogens (tertiary/aromatic N) is 3. The molecule has 12 nitrogen and oxygen atoms in total. The van der Waals surface area contributed by atoms with E-state index >= 15 is 0 Å². The molecule has 1 aliphatic heterocycles. The highest BCUT2D eigenvalue weighted by Gasteiger charge is 2.34. The normalized spacial score (nSPS) is 13.5. The van der Waals surface area contributed by atoms with E-state index in [9.17, 15) is 24.5 Å². The van der Waals surface area contributed by atoms with Crippen molar-refractivity contribution >= 4 is 98.2 Å². The number of hydrazine groups is 1. The van der Waals surface area contributed by atoms with Crippen LogP contribution in [0.4, 0.5) is 27.5 Å². The molecule has 1 heterocycles. The molecule has 45 heavy (non-hydrogen) atoms. The number of ether oxygens (including phenoxy) is 1. The van der Waals surface area contributed by atoms with Crippen LogP contribution in [0.15, 0.2) is 65.6 Å². The van der Waals surface area contributed by atoms with Gasteiger partial charge in [0.2, 0.25) is 0 Å². The van der Waals surface area contributed by atoms with Crippen molar-refractivity contribution in [2.75, 3.05) is 35.2 Å². The van der Waals surface area contributed by atoms with Crippen LogP contribution in [0.3, 0.4) is 0 Å². The van der Waals surface area contributed by atoms with E-state index in [2.05, 4.69) is 21.0 Å². The summed E-state index contributed by atoms with van der Waals surface area (Å²) in [5.41, 5.74) is 4.17. The summed E-state index contributed by atoms with van der Waals surface area (Å²) in [7, 11) is 0. The first-order chi connectivity index (χ1) is 21.5. The predicted molar refractivity (Wildman–Crippen MR) is 181 cm³/mol. The van der Waals surface area contributed by atoms with Crippen LogP contribution >= 0.6 is 47.2 Å². The third kappa shape index (κ3) is 8.63. The van der Waals surface area contributed by atoms with Crippen molar-refractivity contribution in [3.8, 4) is 5.75 Å². The molecule has 0 radical (unpaired) electrons. The topological polar surface area (TPSA) is 146 Å². The first-order valence-electron chi connectivity index (χ1n) is 13.4. The minimum absolute atomic E-state index is 0.0918. The molecule has 234 valence electrons. The van der Waals surface area contributed by atoms with E-state index in [1.807, 2.05) is 19.9 Å². The number of halogens is 2. The lowest BCUT2D eigenvalue weighted by atomic mass is 10.1. The van der Waals surface area contributed by atoms with Crippen molar-refractivity contribution in [2.45, 2.75) is 13.8 Å². The smallest absolute Gasteiger partial charge is 0.338 e. The van der Waals surface area contributed by atoms with Gasteiger partial charge in [-0.1, -0.05) is 41.0 Å². The number of hydrogen-bond acceptors (Lipinski definition) is 9. The number of non-ortho nitro benzene ring substituents is 1. The summed E-state index contributed by atoms with van der Waals surface area (Å²) < 4.78 is 5.98. The van der Waals surface area contributed by atoms with Gasteiger partial charge in [0.25, 0.3) is 17.5 Å². The van der Waals surface area contributed by atoms with Gasteiger partial charge in [0.1, 0.15) is 5.75 Å². The van der Waals surface area contributed by atoms with E-state index < -0.39 is 29.4 Å². The van der Waals surface area contributed by atoms with Crippen LogP contribution in [0.2, 0.25) is 10.0 Å². The van der Waals surface area contributed by atoms with Crippen LogP contribution in [-0.2, 0) is 9.59 Å². The summed E-state index contributed by atoms with van der Waals surface area (Å²) in [6.07, 6.45) is 1.55. The Morgan fingerprint density at radius 1 is 1.04 bits per heavy atom. The number of thioether (sulfide) groups is 1. The summed E-state index contributed by atoms with van der Waals surface area (Å²) >= 11 is 18.2. The van der Waals surface area contributed by atoms with E-state index in [0.29, 0.717) is 22.0 Å². The number of amides is 4. The monoisotopic (exact) mass is 688 g/mol. The minimum atomic E-state index is -0.728. The summed E-state index contributed by atoms with van der Waals surface area (Å²) in [5, 5.41) is 17.7. The number of hydrogen-bond donors (Lipinski definition) is 3. The summed E-state index contributed by atoms with van der Waals surface area (Å²) in [6.45, 7) is 5.03. The van der Waals surface area contributed by atoms with Gasteiger partial charge in [-0.25, -0.2) is 10.2 Å². The summed E-state index contributed by atoms with van der Waals surface area (Å²) in [4.78, 5) is 51.3. The van der Waals surface area contributed by atoms with E-state index in [1.165, 1.54) is 36.4 Å². The van der Waals surface area contributed by atoms with Crippen molar-refractivity contribution < 1.29 is 24.0 Å². The number of nitrogens with one attached hydrogen (secondary N) is 3. The number of benzene rings is 3. The Morgan fingerprint density at radius 3 is 2.47 bits per heavy atom. The van der Waals surface area contributed by atoms with Crippen molar-refractivity contribution in [2.24, 2.45) is 0 Å². The molecule has 0 saturated carbocycles. The fourth-order valence-electron chi connectivity index (χ4n) is 4.13. The second kappa shape index (κ2) is 15.1. The van der Waals surface area contributed by atoms with Gasteiger partial charge in [-0.05, 0) is 68.5 Å². The Balaban J connectivity index is 1.51. The molecule has 4 amide bonds. The van der Waals surface area contributed by atoms with Crippen molar-refractivity contribution in [3.63, 3.8) is 0 Å². The van der Waals surface area contributed by atoms with Gasteiger partial charge in [-0.3, -0.25) is 19.7 Å². The molecule has 3 N–H and O–H groups in total. The highest BCUT2D eigenvalue weighted by atomic mass is 35.5. The Labute approximate surface area is 277 Å². The van der Waals surface area contributed by atoms with E-state index in [-0.39, 0.29) is 25.6 Å². The number of urea groups is 1. The van der Waals surface area contributed by atoms with Gasteiger partial charge < -0.3 is 20.3 Å². The molecular formula is C29H26Cl2N6O6S2. The maximum Gasteiger partial charge on any atom is 0.338 e. The molecule has 16 heteroatoms. The zero-order valence-electron chi connectivity index (χ0n) is 23.8. The Hall–Kier alpha value is -4.37. The molecule has 0 atom stereocenters. The number of thiocarbonyl (C=S) groups is 1. The van der Waals surface area contributed by atoms with Crippen LogP contribution in [0.5, 0.6) is 5.75 Å². The quantitative estimate of drug-likeness (QED) is 0.0866. The molecule has 1 saturated heterocycles. The van der Waals surface area contributed by atoms with Gasteiger partial charge in [0.15, 0.2) is 10.9 Å². The van der Waals surface area contributed by atoms with Gasteiger partial charge >= 0.3 is 6.03 Å². The second-order valence-electron chi connectivity index (χ2n) is 9.25. The first-order valence-corrected chi connectivity index (χ1v) is 15.3. The van der Waals surface area contributed by atoms with E-state index in [4.69, 9.17) is 40.2 Å². The number of carbonyl (C=O) groups is 3. The largest absolute Gasteiger partial charge is 0.483 e. The maximum absolute atomic E-state index is 13.2. The predicted octanol–water partition coefficient (Wildman–Crippen LogP) is 6.70. The lowest BCUT2D eigenvalue weighted by Gasteiger charge is -2.22. The molecule has 1 fully saturated rings. The van der Waals surface area contributed by atoms with Crippen LogP contribution in [0.1, 0.15) is 19.4 Å². The fraction of sp³-hybridized carbons (Fsp3) is 0.172. The number of carbonyl (C=O) groups excluding carboxylic acids is 3. The number of nitro groups is 1. The maximum atomic E-state index is 13.2. The molecule has 0 spiro atoms. The molecule has 1 aliphatic rings. The highest BCUT2D eigenvalue weighted by Crippen LogP contribution is 2.35. The standard InChI is InChI=1S/C29H26Cl2N6O6S2/c1-3-35(4-2)20-10-8-17(24(15-20)43-16-26(38)32-18-6-5-7-21(13-18)37(41)42)12-25-27(39)36(29(44)45-25)34-28(40)33-19-9-11-22(30)23(31)14-19/h5-15H,3-4,16H2,1-2H3,(H,32,38)(H2,33,34,40)/b25-12+. The molecule has 0 aromatic heterocycles. The molecule has 0 aliphatic carbocycles. The third-order valence-electron chi connectivity index (χ3n) is 6.30. The van der Waals surface area contributed by atoms with Crippen LogP contribution in [-0.4, -0.2) is 51.8 Å². The molecule has 4 rings (SSSR count). The number of rotatable bonds is 11. The number of anilines is 3. The van der Waals surface area contributed by atoms with Crippen LogP contribution in [0, 0.1) is 10.1 Å². The van der Waals surface area contributed by atoms with E-state index in [0.717, 1.165) is 35.5 Å². The fourth-order valence-corrected chi connectivity index (χ4v) is 5.60. The van der Waals surface area contributed by atoms with Crippen LogP contribution in [0.25, 0.3) is 6.08 Å². The molecular weight excluding hydrogens is 663 g/mol. The molecule has 3 aromatic rings.